The van der Waals surface area contributed by atoms with Crippen molar-refractivity contribution in [2.45, 2.75) is 53.5 Å². The van der Waals surface area contributed by atoms with E-state index in [-0.39, 0.29) is 11.1 Å². The van der Waals surface area contributed by atoms with Gasteiger partial charge in [0, 0.05) is 11.1 Å². The van der Waals surface area contributed by atoms with E-state index in [0.29, 0.717) is 5.92 Å². The highest BCUT2D eigenvalue weighted by molar-refractivity contribution is 5.66. The summed E-state index contributed by atoms with van der Waals surface area (Å²) in [6.45, 7) is 12.5. The lowest BCUT2D eigenvalue weighted by Crippen LogP contribution is -2.33. The van der Waals surface area contributed by atoms with Gasteiger partial charge in [-0.1, -0.05) is 38.1 Å². The first kappa shape index (κ1) is 15.6. The number of nitrogens with zero attached hydrogens (tertiary/aromatic N) is 1. The Morgan fingerprint density at radius 2 is 1.81 bits per heavy atom. The third-order valence-electron chi connectivity index (χ3n) is 3.68. The van der Waals surface area contributed by atoms with Crippen molar-refractivity contribution in [1.82, 2.24) is 9.78 Å². The summed E-state index contributed by atoms with van der Waals surface area (Å²) < 4.78 is 1.76. The molecule has 2 aromatic rings. The number of nitrogens with one attached hydrogen (secondary N) is 1. The number of aromatic nitrogens is 2. The highest BCUT2D eigenvalue weighted by Gasteiger charge is 2.23. The topological polar surface area (TPSA) is 37.8 Å². The number of benzene rings is 1. The van der Waals surface area contributed by atoms with E-state index in [0.717, 1.165) is 23.2 Å². The summed E-state index contributed by atoms with van der Waals surface area (Å²) in [7, 11) is 0. The van der Waals surface area contributed by atoms with Gasteiger partial charge in [-0.05, 0) is 45.6 Å². The summed E-state index contributed by atoms with van der Waals surface area (Å²) >= 11 is 0. The zero-order chi connectivity index (χ0) is 15.8. The highest BCUT2D eigenvalue weighted by atomic mass is 16.1. The van der Waals surface area contributed by atoms with Crippen LogP contribution in [0.1, 0.15) is 45.7 Å². The van der Waals surface area contributed by atoms with E-state index in [1.54, 1.807) is 4.68 Å². The first-order valence-corrected chi connectivity index (χ1v) is 7.62. The molecule has 0 atom stereocenters. The van der Waals surface area contributed by atoms with Crippen LogP contribution in [-0.2, 0) is 12.0 Å². The van der Waals surface area contributed by atoms with Crippen molar-refractivity contribution in [2.75, 3.05) is 0 Å². The lowest BCUT2D eigenvalue weighted by atomic mass is 9.97. The van der Waals surface area contributed by atoms with Crippen LogP contribution in [0.2, 0.25) is 0 Å². The van der Waals surface area contributed by atoms with E-state index in [1.807, 2.05) is 32.9 Å². The molecule has 0 fully saturated rings. The molecule has 0 aliphatic heterocycles. The molecule has 0 aliphatic carbocycles. The van der Waals surface area contributed by atoms with Crippen molar-refractivity contribution >= 4 is 0 Å². The summed E-state index contributed by atoms with van der Waals surface area (Å²) in [6, 6.07) is 8.21. The molecule has 0 unspecified atom stereocenters. The lowest BCUT2D eigenvalue weighted by molar-refractivity contribution is 0.345. The van der Waals surface area contributed by atoms with Gasteiger partial charge in [0.25, 0.3) is 5.56 Å². The number of H-pyrrole nitrogens is 1. The van der Waals surface area contributed by atoms with E-state index < -0.39 is 0 Å². The molecule has 114 valence electrons. The summed E-state index contributed by atoms with van der Waals surface area (Å²) in [5.74, 6) is 0.449. The quantitative estimate of drug-likeness (QED) is 0.906. The fourth-order valence-corrected chi connectivity index (χ4v) is 2.62. The lowest BCUT2D eigenvalue weighted by Gasteiger charge is -2.19. The van der Waals surface area contributed by atoms with E-state index >= 15 is 0 Å². The van der Waals surface area contributed by atoms with Gasteiger partial charge in [-0.2, -0.15) is 0 Å². The summed E-state index contributed by atoms with van der Waals surface area (Å²) in [5.41, 5.74) is 4.03. The van der Waals surface area contributed by atoms with Crippen molar-refractivity contribution in [2.24, 2.45) is 5.92 Å². The number of hydrogen-bond donors (Lipinski definition) is 1. The fraction of sp³-hybridized carbons (Fsp3) is 0.500. The first-order valence-electron chi connectivity index (χ1n) is 7.62. The minimum absolute atomic E-state index is 0.106. The molecule has 1 aromatic heterocycles. The number of aryl methyl sites for hydroxylation is 1. The van der Waals surface area contributed by atoms with Gasteiger partial charge in [-0.3, -0.25) is 9.89 Å². The molecule has 0 bridgehead atoms. The third-order valence-corrected chi connectivity index (χ3v) is 3.68. The monoisotopic (exact) mass is 286 g/mol. The molecule has 0 aliphatic rings. The van der Waals surface area contributed by atoms with Gasteiger partial charge in [0.05, 0.1) is 11.2 Å². The molecular formula is C18H26N2O. The van der Waals surface area contributed by atoms with Crippen LogP contribution in [0.15, 0.2) is 29.1 Å². The van der Waals surface area contributed by atoms with Crippen molar-refractivity contribution in [3.8, 4) is 11.3 Å². The van der Waals surface area contributed by atoms with Crippen LogP contribution in [0.3, 0.4) is 0 Å². The van der Waals surface area contributed by atoms with Crippen LogP contribution >= 0.6 is 0 Å². The Morgan fingerprint density at radius 1 is 1.19 bits per heavy atom. The van der Waals surface area contributed by atoms with Crippen molar-refractivity contribution in [3.63, 3.8) is 0 Å². The average molecular weight is 286 g/mol. The second-order valence-electron chi connectivity index (χ2n) is 7.19. The van der Waals surface area contributed by atoms with Gasteiger partial charge in [0.1, 0.15) is 0 Å². The van der Waals surface area contributed by atoms with E-state index in [9.17, 15) is 4.79 Å². The van der Waals surface area contributed by atoms with Crippen LogP contribution in [0.5, 0.6) is 0 Å². The zero-order valence-corrected chi connectivity index (χ0v) is 13.9. The van der Waals surface area contributed by atoms with Gasteiger partial charge in [0.2, 0.25) is 0 Å². The van der Waals surface area contributed by atoms with Gasteiger partial charge in [-0.25, -0.2) is 4.68 Å². The molecule has 1 N–H and O–H groups in total. The fourth-order valence-electron chi connectivity index (χ4n) is 2.62. The third kappa shape index (κ3) is 3.12. The molecule has 1 aromatic carbocycles. The largest absolute Gasteiger partial charge is 0.294 e. The number of rotatable bonds is 3. The molecular weight excluding hydrogens is 260 g/mol. The number of hydrogen-bond acceptors (Lipinski definition) is 1. The highest BCUT2D eigenvalue weighted by Crippen LogP contribution is 2.26. The molecule has 0 radical (unpaired) electrons. The first-order chi connectivity index (χ1) is 9.71. The van der Waals surface area contributed by atoms with Crippen molar-refractivity contribution < 1.29 is 0 Å². The van der Waals surface area contributed by atoms with Gasteiger partial charge in [0.15, 0.2) is 0 Å². The van der Waals surface area contributed by atoms with Crippen LogP contribution in [0, 0.1) is 12.8 Å². The minimum atomic E-state index is -0.246. The normalized spacial score (nSPS) is 12.1. The molecule has 3 nitrogen and oxygen atoms in total. The molecule has 0 spiro atoms. The molecule has 2 rings (SSSR count). The smallest absolute Gasteiger partial charge is 0.270 e. The van der Waals surface area contributed by atoms with E-state index in [1.165, 1.54) is 5.56 Å². The Balaban J connectivity index is 2.70. The van der Waals surface area contributed by atoms with Gasteiger partial charge in [-0.15, -0.1) is 0 Å². The minimum Gasteiger partial charge on any atom is -0.294 e. The molecule has 0 saturated heterocycles. The average Bonchev–Trinajstić information content (AvgIpc) is 2.67. The Hall–Kier alpha value is -1.77. The molecule has 0 amide bonds. The maximum Gasteiger partial charge on any atom is 0.270 e. The molecule has 0 saturated carbocycles. The SMILES string of the molecule is Cc1ccccc1-c1[nH]n(C(C)(C)C)c(=O)c1CC(C)C. The van der Waals surface area contributed by atoms with Crippen molar-refractivity contribution in [1.29, 1.82) is 0 Å². The summed E-state index contributed by atoms with van der Waals surface area (Å²) in [6.07, 6.45) is 0.794. The van der Waals surface area contributed by atoms with Crippen molar-refractivity contribution in [3.05, 3.63) is 45.7 Å². The summed E-state index contributed by atoms with van der Waals surface area (Å²) in [4.78, 5) is 12.8. The Kier molecular flexibility index (Phi) is 4.13. The molecule has 1 heterocycles. The Bertz CT molecular complexity index is 684. The Labute approximate surface area is 127 Å². The summed E-state index contributed by atoms with van der Waals surface area (Å²) in [5, 5.41) is 3.36. The standard InChI is InChI=1S/C18H26N2O/c1-12(2)11-15-16(14-10-8-7-9-13(14)3)19-20(17(15)21)18(4,5)6/h7-10,12,19H,11H2,1-6H3. The molecule has 3 heteroatoms. The van der Waals surface area contributed by atoms with Gasteiger partial charge < -0.3 is 0 Å². The number of aromatic amines is 1. The van der Waals surface area contributed by atoms with Gasteiger partial charge >= 0.3 is 0 Å². The Morgan fingerprint density at radius 3 is 2.33 bits per heavy atom. The predicted octanol–water partition coefficient (Wildman–Crippen LogP) is 4.11. The molecule has 21 heavy (non-hydrogen) atoms. The van der Waals surface area contributed by atoms with Crippen LogP contribution in [0.4, 0.5) is 0 Å². The van der Waals surface area contributed by atoms with E-state index in [4.69, 9.17) is 0 Å². The zero-order valence-electron chi connectivity index (χ0n) is 13.9. The maximum atomic E-state index is 12.8. The second-order valence-corrected chi connectivity index (χ2v) is 7.19. The van der Waals surface area contributed by atoms with Crippen LogP contribution in [-0.4, -0.2) is 9.78 Å². The maximum absolute atomic E-state index is 12.8. The van der Waals surface area contributed by atoms with E-state index in [2.05, 4.69) is 38.0 Å². The van der Waals surface area contributed by atoms with Crippen LogP contribution in [0.25, 0.3) is 11.3 Å². The predicted molar refractivity (Wildman–Crippen MR) is 88.8 cm³/mol. The van der Waals surface area contributed by atoms with Crippen LogP contribution < -0.4 is 5.56 Å². The second kappa shape index (κ2) is 5.55.